The zero-order valence-electron chi connectivity index (χ0n) is 11.2. The van der Waals surface area contributed by atoms with Gasteiger partial charge in [0.05, 0.1) is 11.6 Å². The Balaban J connectivity index is 2.03. The van der Waals surface area contributed by atoms with Crippen LogP contribution in [-0.2, 0) is 5.54 Å². The second-order valence-electron chi connectivity index (χ2n) is 5.12. The van der Waals surface area contributed by atoms with Gasteiger partial charge in [0.25, 0.3) is 0 Å². The van der Waals surface area contributed by atoms with E-state index in [1.54, 1.807) is 0 Å². The van der Waals surface area contributed by atoms with Gasteiger partial charge in [-0.3, -0.25) is 0 Å². The molecule has 2 aromatic rings. The average molecular weight is 262 g/mol. The summed E-state index contributed by atoms with van der Waals surface area (Å²) in [5.74, 6) is 0. The topological polar surface area (TPSA) is 52.0 Å². The third-order valence-corrected chi connectivity index (χ3v) is 3.88. The van der Waals surface area contributed by atoms with Crippen molar-refractivity contribution in [3.05, 3.63) is 90.0 Å². The van der Waals surface area contributed by atoms with Crippen LogP contribution in [0.25, 0.3) is 5.57 Å². The predicted molar refractivity (Wildman–Crippen MR) is 83.8 cm³/mol. The minimum atomic E-state index is -0.665. The summed E-state index contributed by atoms with van der Waals surface area (Å²) < 4.78 is 0. The van der Waals surface area contributed by atoms with E-state index in [4.69, 9.17) is 11.5 Å². The molecule has 100 valence electrons. The molecular formula is C18H18N2. The molecule has 0 fully saturated rings. The Kier molecular flexibility index (Phi) is 3.26. The zero-order valence-corrected chi connectivity index (χ0v) is 11.2. The van der Waals surface area contributed by atoms with Gasteiger partial charge >= 0.3 is 0 Å². The summed E-state index contributed by atoms with van der Waals surface area (Å²) in [7, 11) is 0. The van der Waals surface area contributed by atoms with E-state index in [0.29, 0.717) is 0 Å². The van der Waals surface area contributed by atoms with E-state index in [1.165, 1.54) is 0 Å². The van der Waals surface area contributed by atoms with Crippen LogP contribution in [0.2, 0.25) is 0 Å². The van der Waals surface area contributed by atoms with Gasteiger partial charge in [-0.2, -0.15) is 0 Å². The Morgan fingerprint density at radius 2 is 1.45 bits per heavy atom. The molecule has 2 nitrogen and oxygen atoms in total. The van der Waals surface area contributed by atoms with Gasteiger partial charge in [-0.15, -0.1) is 0 Å². The number of nitrogens with two attached hydrogens (primary N) is 2. The van der Waals surface area contributed by atoms with Gasteiger partial charge in [0, 0.05) is 0 Å². The molecule has 0 aromatic heterocycles. The lowest BCUT2D eigenvalue weighted by Crippen LogP contribution is -2.52. The van der Waals surface area contributed by atoms with Crippen LogP contribution < -0.4 is 11.5 Å². The first-order valence-electron chi connectivity index (χ1n) is 6.76. The van der Waals surface area contributed by atoms with Gasteiger partial charge in [0.1, 0.15) is 0 Å². The first-order valence-corrected chi connectivity index (χ1v) is 6.76. The molecule has 2 atom stereocenters. The van der Waals surface area contributed by atoms with E-state index in [9.17, 15) is 0 Å². The van der Waals surface area contributed by atoms with E-state index in [-0.39, 0.29) is 6.04 Å². The van der Waals surface area contributed by atoms with E-state index < -0.39 is 5.54 Å². The van der Waals surface area contributed by atoms with Crippen molar-refractivity contribution in [2.24, 2.45) is 11.5 Å². The molecule has 2 heteroatoms. The average Bonchev–Trinajstić information content (AvgIpc) is 2.52. The van der Waals surface area contributed by atoms with Crippen molar-refractivity contribution in [2.75, 3.05) is 0 Å². The van der Waals surface area contributed by atoms with Gasteiger partial charge in [-0.1, -0.05) is 78.9 Å². The maximum atomic E-state index is 6.60. The number of hydrogen-bond donors (Lipinski definition) is 2. The van der Waals surface area contributed by atoms with Crippen LogP contribution >= 0.6 is 0 Å². The standard InChI is InChI=1S/C18H18N2/c19-17-16(14-8-3-1-4-9-14)12-7-13-18(17,20)15-10-5-2-6-11-15/h1-13,17H,19-20H2. The highest BCUT2D eigenvalue weighted by molar-refractivity contribution is 5.75. The lowest BCUT2D eigenvalue weighted by molar-refractivity contribution is 0.503. The monoisotopic (exact) mass is 262 g/mol. The zero-order chi connectivity index (χ0) is 14.0. The highest BCUT2D eigenvalue weighted by atomic mass is 14.9. The maximum Gasteiger partial charge on any atom is 0.0794 e. The van der Waals surface area contributed by atoms with Gasteiger partial charge in [-0.25, -0.2) is 0 Å². The SMILES string of the molecule is NC1C(c2ccccc2)=CC=CC1(N)c1ccccc1. The highest BCUT2D eigenvalue weighted by Gasteiger charge is 2.36. The number of rotatable bonds is 2. The smallest absolute Gasteiger partial charge is 0.0794 e. The minimum absolute atomic E-state index is 0.266. The number of hydrogen-bond acceptors (Lipinski definition) is 2. The Bertz CT molecular complexity index is 644. The Labute approximate surface area is 119 Å². The van der Waals surface area contributed by atoms with E-state index in [2.05, 4.69) is 12.1 Å². The third-order valence-electron chi connectivity index (χ3n) is 3.88. The molecule has 2 unspecified atom stereocenters. The first-order chi connectivity index (χ1) is 9.72. The fourth-order valence-corrected chi connectivity index (χ4v) is 2.68. The summed E-state index contributed by atoms with van der Waals surface area (Å²) >= 11 is 0. The molecule has 2 aromatic carbocycles. The second-order valence-corrected chi connectivity index (χ2v) is 5.12. The molecule has 0 heterocycles. The van der Waals surface area contributed by atoms with Crippen LogP contribution in [0.1, 0.15) is 11.1 Å². The van der Waals surface area contributed by atoms with Crippen molar-refractivity contribution in [1.29, 1.82) is 0 Å². The Hall–Kier alpha value is -2.16. The quantitative estimate of drug-likeness (QED) is 0.874. The molecular weight excluding hydrogens is 244 g/mol. The van der Waals surface area contributed by atoms with E-state index >= 15 is 0 Å². The largest absolute Gasteiger partial charge is 0.322 e. The van der Waals surface area contributed by atoms with Crippen LogP contribution in [0.5, 0.6) is 0 Å². The lowest BCUT2D eigenvalue weighted by Gasteiger charge is -2.37. The maximum absolute atomic E-state index is 6.60. The number of benzene rings is 2. The van der Waals surface area contributed by atoms with Crippen molar-refractivity contribution < 1.29 is 0 Å². The number of allylic oxidation sites excluding steroid dienone is 2. The molecule has 1 aliphatic carbocycles. The van der Waals surface area contributed by atoms with Gasteiger partial charge in [0.15, 0.2) is 0 Å². The highest BCUT2D eigenvalue weighted by Crippen LogP contribution is 2.34. The van der Waals surface area contributed by atoms with Crippen molar-refractivity contribution in [1.82, 2.24) is 0 Å². The summed E-state index contributed by atoms with van der Waals surface area (Å²) in [6.45, 7) is 0. The molecule has 0 bridgehead atoms. The van der Waals surface area contributed by atoms with E-state index in [0.717, 1.165) is 16.7 Å². The first kappa shape index (κ1) is 12.9. The molecule has 0 saturated heterocycles. The predicted octanol–water partition coefficient (Wildman–Crippen LogP) is 2.82. The molecule has 0 spiro atoms. The normalized spacial score (nSPS) is 25.3. The molecule has 1 aliphatic rings. The van der Waals surface area contributed by atoms with Crippen molar-refractivity contribution in [3.8, 4) is 0 Å². The summed E-state index contributed by atoms with van der Waals surface area (Å²) in [6.07, 6.45) is 6.03. The molecule has 20 heavy (non-hydrogen) atoms. The second kappa shape index (κ2) is 5.08. The van der Waals surface area contributed by atoms with Crippen LogP contribution in [0.3, 0.4) is 0 Å². The van der Waals surface area contributed by atoms with Gasteiger partial charge in [0.2, 0.25) is 0 Å². The molecule has 4 N–H and O–H groups in total. The van der Waals surface area contributed by atoms with Crippen molar-refractivity contribution in [3.63, 3.8) is 0 Å². The van der Waals surface area contributed by atoms with Crippen LogP contribution in [0.15, 0.2) is 78.9 Å². The van der Waals surface area contributed by atoms with Crippen molar-refractivity contribution >= 4 is 5.57 Å². The Morgan fingerprint density at radius 3 is 2.10 bits per heavy atom. The molecule has 0 radical (unpaired) electrons. The molecule has 0 aliphatic heterocycles. The molecule has 0 amide bonds. The summed E-state index contributed by atoms with van der Waals surface area (Å²) in [5.41, 5.74) is 15.6. The fourth-order valence-electron chi connectivity index (χ4n) is 2.68. The van der Waals surface area contributed by atoms with Crippen LogP contribution in [0, 0.1) is 0 Å². The van der Waals surface area contributed by atoms with Gasteiger partial charge in [-0.05, 0) is 16.7 Å². The summed E-state index contributed by atoms with van der Waals surface area (Å²) in [6, 6.07) is 19.9. The summed E-state index contributed by atoms with van der Waals surface area (Å²) in [4.78, 5) is 0. The molecule has 3 rings (SSSR count). The molecule has 0 saturated carbocycles. The summed E-state index contributed by atoms with van der Waals surface area (Å²) in [5, 5.41) is 0. The van der Waals surface area contributed by atoms with Crippen LogP contribution in [0.4, 0.5) is 0 Å². The third kappa shape index (κ3) is 2.09. The van der Waals surface area contributed by atoms with E-state index in [1.807, 2.05) is 66.8 Å². The van der Waals surface area contributed by atoms with Crippen LogP contribution in [-0.4, -0.2) is 6.04 Å². The Morgan fingerprint density at radius 1 is 0.850 bits per heavy atom. The minimum Gasteiger partial charge on any atom is -0.322 e. The van der Waals surface area contributed by atoms with Crippen molar-refractivity contribution in [2.45, 2.75) is 11.6 Å². The fraction of sp³-hybridized carbons (Fsp3) is 0.111. The van der Waals surface area contributed by atoms with Gasteiger partial charge < -0.3 is 11.5 Å². The lowest BCUT2D eigenvalue weighted by atomic mass is 9.76.